The molecule has 0 saturated carbocycles. The molecule has 1 aliphatic rings. The number of nitrogens with one attached hydrogen (secondary N) is 2. The molecule has 1 aromatic rings. The van der Waals surface area contributed by atoms with Gasteiger partial charge in [-0.3, -0.25) is 9.99 Å². The van der Waals surface area contributed by atoms with Crippen LogP contribution in [0.4, 0.5) is 10.5 Å². The van der Waals surface area contributed by atoms with Crippen LogP contribution in [0.5, 0.6) is 0 Å². The monoisotopic (exact) mass is 329 g/mol. The third-order valence-corrected chi connectivity index (χ3v) is 4.62. The van der Waals surface area contributed by atoms with E-state index in [1.807, 2.05) is 18.2 Å². The third kappa shape index (κ3) is 3.79. The highest BCUT2D eigenvalue weighted by Crippen LogP contribution is 2.38. The predicted octanol–water partition coefficient (Wildman–Crippen LogP) is 1.69. The molecule has 0 aliphatic carbocycles. The van der Waals surface area contributed by atoms with Crippen LogP contribution < -0.4 is 10.7 Å². The van der Waals surface area contributed by atoms with Crippen molar-refractivity contribution in [2.75, 3.05) is 11.6 Å². The van der Waals surface area contributed by atoms with Gasteiger partial charge in [0.2, 0.25) is 0 Å². The molecule has 0 bridgehead atoms. The SMILES string of the molecule is CC1(CCP(=O)(O)O)NC(=O)N(Nc2ccccc2)C1=S. The summed E-state index contributed by atoms with van der Waals surface area (Å²) in [5.74, 6) is 0. The maximum atomic E-state index is 12.0. The lowest BCUT2D eigenvalue weighted by Gasteiger charge is -2.24. The number of nitrogens with zero attached hydrogens (tertiary/aromatic N) is 1. The Morgan fingerprint density at radius 3 is 2.57 bits per heavy atom. The number of anilines is 1. The molecule has 0 aromatic heterocycles. The number of urea groups is 1. The average Bonchev–Trinajstić information content (AvgIpc) is 2.62. The normalized spacial score (nSPS) is 22.3. The van der Waals surface area contributed by atoms with Gasteiger partial charge < -0.3 is 15.1 Å². The van der Waals surface area contributed by atoms with Crippen molar-refractivity contribution in [2.24, 2.45) is 0 Å². The standard InChI is InChI=1S/C12H16N3O4PS/c1-12(7-8-20(17,18)19)10(21)15(11(16)13-12)14-9-5-3-2-4-6-9/h2-6,14H,7-8H2,1H3,(H,13,16)(H2,17,18,19). The van der Waals surface area contributed by atoms with Crippen LogP contribution in [0.15, 0.2) is 30.3 Å². The summed E-state index contributed by atoms with van der Waals surface area (Å²) in [7, 11) is -4.14. The van der Waals surface area contributed by atoms with Crippen LogP contribution in [0.3, 0.4) is 0 Å². The van der Waals surface area contributed by atoms with Crippen molar-refractivity contribution in [1.82, 2.24) is 10.3 Å². The molecule has 1 saturated heterocycles. The highest BCUT2D eigenvalue weighted by Gasteiger charge is 2.45. The minimum Gasteiger partial charge on any atom is -0.325 e. The number of hydrogen-bond donors (Lipinski definition) is 4. The zero-order valence-corrected chi connectivity index (χ0v) is 13.0. The minimum atomic E-state index is -4.14. The summed E-state index contributed by atoms with van der Waals surface area (Å²) in [6.45, 7) is 1.65. The van der Waals surface area contributed by atoms with Crippen molar-refractivity contribution in [3.63, 3.8) is 0 Å². The number of carbonyl (C=O) groups excluding carboxylic acids is 1. The first-order chi connectivity index (χ1) is 9.71. The molecule has 0 spiro atoms. The van der Waals surface area contributed by atoms with E-state index in [-0.39, 0.29) is 17.6 Å². The van der Waals surface area contributed by atoms with E-state index in [0.717, 1.165) is 0 Å². The molecule has 2 amide bonds. The van der Waals surface area contributed by atoms with Crippen molar-refractivity contribution in [2.45, 2.75) is 18.9 Å². The molecule has 1 aromatic carbocycles. The molecule has 4 N–H and O–H groups in total. The largest absolute Gasteiger partial charge is 0.342 e. The van der Waals surface area contributed by atoms with E-state index >= 15 is 0 Å². The van der Waals surface area contributed by atoms with Crippen molar-refractivity contribution in [1.29, 1.82) is 0 Å². The summed E-state index contributed by atoms with van der Waals surface area (Å²) in [5, 5.41) is 3.85. The summed E-state index contributed by atoms with van der Waals surface area (Å²) < 4.78 is 11.0. The van der Waals surface area contributed by atoms with E-state index in [9.17, 15) is 9.36 Å². The Bertz CT molecular complexity index is 606. The van der Waals surface area contributed by atoms with Crippen molar-refractivity contribution in [3.05, 3.63) is 30.3 Å². The average molecular weight is 329 g/mol. The maximum Gasteiger partial charge on any atom is 0.342 e. The first kappa shape index (κ1) is 15.9. The van der Waals surface area contributed by atoms with Crippen LogP contribution in [0.25, 0.3) is 0 Å². The number of rotatable bonds is 5. The Morgan fingerprint density at radius 1 is 1.38 bits per heavy atom. The molecule has 2 rings (SSSR count). The Balaban J connectivity index is 2.11. The molecular formula is C12H16N3O4PS. The second-order valence-corrected chi connectivity index (χ2v) is 7.18. The van der Waals surface area contributed by atoms with E-state index in [1.165, 1.54) is 5.01 Å². The summed E-state index contributed by atoms with van der Waals surface area (Å²) in [6, 6.07) is 8.58. The lowest BCUT2D eigenvalue weighted by atomic mass is 10.0. The van der Waals surface area contributed by atoms with Gasteiger partial charge >= 0.3 is 13.6 Å². The van der Waals surface area contributed by atoms with Crippen LogP contribution in [0.1, 0.15) is 13.3 Å². The maximum absolute atomic E-state index is 12.0. The number of hydrogen-bond acceptors (Lipinski definition) is 4. The van der Waals surface area contributed by atoms with E-state index in [0.29, 0.717) is 5.69 Å². The van der Waals surface area contributed by atoms with Gasteiger partial charge in [0, 0.05) is 0 Å². The molecule has 114 valence electrons. The van der Waals surface area contributed by atoms with Gasteiger partial charge in [0.15, 0.2) is 0 Å². The molecule has 1 fully saturated rings. The van der Waals surface area contributed by atoms with Gasteiger partial charge in [-0.05, 0) is 25.5 Å². The van der Waals surface area contributed by atoms with E-state index in [1.54, 1.807) is 19.1 Å². The van der Waals surface area contributed by atoms with Crippen LogP contribution in [-0.4, -0.2) is 37.5 Å². The fourth-order valence-corrected chi connectivity index (χ4v) is 2.99. The van der Waals surface area contributed by atoms with Crippen LogP contribution >= 0.6 is 19.8 Å². The number of para-hydroxylation sites is 1. The van der Waals surface area contributed by atoms with Crippen LogP contribution in [-0.2, 0) is 4.57 Å². The molecule has 7 nitrogen and oxygen atoms in total. The van der Waals surface area contributed by atoms with Gasteiger partial charge in [0.05, 0.1) is 17.4 Å². The number of benzene rings is 1. The Kier molecular flexibility index (Phi) is 4.34. The highest BCUT2D eigenvalue weighted by atomic mass is 32.1. The van der Waals surface area contributed by atoms with Crippen molar-refractivity contribution < 1.29 is 19.1 Å². The lowest BCUT2D eigenvalue weighted by molar-refractivity contribution is 0.230. The topological polar surface area (TPSA) is 102 Å². The Morgan fingerprint density at radius 2 is 2.00 bits per heavy atom. The lowest BCUT2D eigenvalue weighted by Crippen LogP contribution is -2.44. The Labute approximate surface area is 127 Å². The molecule has 1 unspecified atom stereocenters. The number of amides is 2. The van der Waals surface area contributed by atoms with E-state index in [4.69, 9.17) is 22.0 Å². The van der Waals surface area contributed by atoms with Gasteiger partial charge in [-0.25, -0.2) is 4.79 Å². The third-order valence-electron chi connectivity index (χ3n) is 3.18. The highest BCUT2D eigenvalue weighted by molar-refractivity contribution is 7.80. The molecular weight excluding hydrogens is 313 g/mol. The summed E-state index contributed by atoms with van der Waals surface area (Å²) in [5.41, 5.74) is 2.60. The fraction of sp³-hybridized carbons (Fsp3) is 0.333. The summed E-state index contributed by atoms with van der Waals surface area (Å²) in [4.78, 5) is 30.2. The van der Waals surface area contributed by atoms with Crippen LogP contribution in [0, 0.1) is 0 Å². The van der Waals surface area contributed by atoms with Gasteiger partial charge in [-0.1, -0.05) is 30.4 Å². The number of carbonyl (C=O) groups is 1. The zero-order valence-electron chi connectivity index (χ0n) is 11.3. The van der Waals surface area contributed by atoms with Crippen molar-refractivity contribution in [3.8, 4) is 0 Å². The quantitative estimate of drug-likeness (QED) is 0.484. The molecule has 1 atom stereocenters. The molecule has 9 heteroatoms. The van der Waals surface area contributed by atoms with Gasteiger partial charge in [0.1, 0.15) is 4.99 Å². The number of thiocarbonyl (C=S) groups is 1. The fourth-order valence-electron chi connectivity index (χ4n) is 1.97. The second-order valence-electron chi connectivity index (χ2n) is 5.02. The Hall–Kier alpha value is -1.47. The molecule has 21 heavy (non-hydrogen) atoms. The molecule has 0 radical (unpaired) electrons. The van der Waals surface area contributed by atoms with E-state index in [2.05, 4.69) is 10.7 Å². The minimum absolute atomic E-state index is 0.0643. The smallest absolute Gasteiger partial charge is 0.325 e. The van der Waals surface area contributed by atoms with Gasteiger partial charge in [-0.2, -0.15) is 5.01 Å². The first-order valence-electron chi connectivity index (χ1n) is 6.24. The molecule has 1 aliphatic heterocycles. The molecule has 1 heterocycles. The first-order valence-corrected chi connectivity index (χ1v) is 8.45. The zero-order chi connectivity index (χ0) is 15.7. The van der Waals surface area contributed by atoms with Gasteiger partial charge in [-0.15, -0.1) is 0 Å². The van der Waals surface area contributed by atoms with Crippen molar-refractivity contribution >= 4 is 36.5 Å². The van der Waals surface area contributed by atoms with Gasteiger partial charge in [0.25, 0.3) is 0 Å². The number of hydrazine groups is 1. The second kappa shape index (κ2) is 5.73. The summed E-state index contributed by atoms with van der Waals surface area (Å²) >= 11 is 5.27. The predicted molar refractivity (Wildman–Crippen MR) is 83.0 cm³/mol. The van der Waals surface area contributed by atoms with E-state index < -0.39 is 19.2 Å². The summed E-state index contributed by atoms with van der Waals surface area (Å²) in [6.07, 6.45) is -0.280. The van der Waals surface area contributed by atoms with Crippen LogP contribution in [0.2, 0.25) is 0 Å².